The van der Waals surface area contributed by atoms with Crippen LogP contribution in [0.25, 0.3) is 11.5 Å². The second-order valence-corrected chi connectivity index (χ2v) is 3.12. The summed E-state index contributed by atoms with van der Waals surface area (Å²) in [5, 5.41) is 0. The monoisotopic (exact) mass is 234 g/mol. The molecule has 0 bridgehead atoms. The lowest BCUT2D eigenvalue weighted by Crippen LogP contribution is -2.00. The third-order valence-corrected chi connectivity index (χ3v) is 2.09. The van der Waals surface area contributed by atoms with Gasteiger partial charge in [-0.05, 0) is 6.07 Å². The van der Waals surface area contributed by atoms with Crippen molar-refractivity contribution in [1.29, 1.82) is 0 Å². The minimum Gasteiger partial charge on any atom is -0.481 e. The van der Waals surface area contributed by atoms with Crippen molar-refractivity contribution in [2.24, 2.45) is 0 Å². The fourth-order valence-electron chi connectivity index (χ4n) is 1.23. The number of oxazole rings is 1. The predicted molar refractivity (Wildman–Crippen MR) is 57.6 cm³/mol. The van der Waals surface area contributed by atoms with Gasteiger partial charge in [0.2, 0.25) is 11.8 Å². The van der Waals surface area contributed by atoms with Crippen molar-refractivity contribution in [2.45, 2.75) is 0 Å². The second kappa shape index (κ2) is 4.65. The fourth-order valence-corrected chi connectivity index (χ4v) is 1.23. The van der Waals surface area contributed by atoms with Crippen LogP contribution in [0.15, 0.2) is 29.0 Å². The van der Waals surface area contributed by atoms with E-state index in [-0.39, 0.29) is 5.69 Å². The van der Waals surface area contributed by atoms with Gasteiger partial charge in [0.1, 0.15) is 6.26 Å². The topological polar surface area (TPSA) is 74.5 Å². The summed E-state index contributed by atoms with van der Waals surface area (Å²) in [6, 6.07) is 3.41. The van der Waals surface area contributed by atoms with E-state index in [0.29, 0.717) is 17.3 Å². The number of methoxy groups -OCH3 is 2. The van der Waals surface area contributed by atoms with Crippen LogP contribution in [0, 0.1) is 0 Å². The Morgan fingerprint density at radius 1 is 1.35 bits per heavy atom. The third-order valence-electron chi connectivity index (χ3n) is 2.09. The highest BCUT2D eigenvalue weighted by Crippen LogP contribution is 2.19. The summed E-state index contributed by atoms with van der Waals surface area (Å²) in [6.45, 7) is 0. The molecule has 0 radical (unpaired) electrons. The molecule has 17 heavy (non-hydrogen) atoms. The van der Waals surface area contributed by atoms with Crippen LogP contribution in [-0.2, 0) is 4.74 Å². The molecule has 2 heterocycles. The van der Waals surface area contributed by atoms with Crippen LogP contribution in [0.4, 0.5) is 0 Å². The number of rotatable bonds is 3. The molecule has 88 valence electrons. The second-order valence-electron chi connectivity index (χ2n) is 3.12. The van der Waals surface area contributed by atoms with Gasteiger partial charge in [-0.25, -0.2) is 14.8 Å². The Morgan fingerprint density at radius 2 is 2.18 bits per heavy atom. The first-order valence-corrected chi connectivity index (χ1v) is 4.79. The lowest BCUT2D eigenvalue weighted by molar-refractivity contribution is 0.0594. The van der Waals surface area contributed by atoms with Gasteiger partial charge in [0.05, 0.1) is 19.8 Å². The molecule has 0 saturated heterocycles. The SMILES string of the molecule is COC(=O)c1coc(-c2ccc(OC)nc2)n1. The maximum absolute atomic E-state index is 11.2. The number of pyridine rings is 1. The Labute approximate surface area is 97.2 Å². The normalized spacial score (nSPS) is 10.0. The van der Waals surface area contributed by atoms with Gasteiger partial charge in [-0.2, -0.15) is 0 Å². The Balaban J connectivity index is 2.27. The van der Waals surface area contributed by atoms with Gasteiger partial charge in [0, 0.05) is 12.3 Å². The van der Waals surface area contributed by atoms with E-state index < -0.39 is 5.97 Å². The van der Waals surface area contributed by atoms with Gasteiger partial charge in [0.25, 0.3) is 0 Å². The third kappa shape index (κ3) is 2.25. The average molecular weight is 234 g/mol. The largest absolute Gasteiger partial charge is 0.481 e. The summed E-state index contributed by atoms with van der Waals surface area (Å²) in [7, 11) is 2.81. The molecule has 6 nitrogen and oxygen atoms in total. The summed E-state index contributed by atoms with van der Waals surface area (Å²) in [5.41, 5.74) is 0.777. The summed E-state index contributed by atoms with van der Waals surface area (Å²) >= 11 is 0. The number of hydrogen-bond donors (Lipinski definition) is 0. The summed E-state index contributed by atoms with van der Waals surface area (Å²) in [4.78, 5) is 19.2. The first-order valence-electron chi connectivity index (χ1n) is 4.79. The van der Waals surface area contributed by atoms with Crippen LogP contribution in [0.5, 0.6) is 5.88 Å². The number of aromatic nitrogens is 2. The highest BCUT2D eigenvalue weighted by molar-refractivity contribution is 5.87. The zero-order chi connectivity index (χ0) is 12.3. The zero-order valence-corrected chi connectivity index (χ0v) is 9.34. The molecule has 0 spiro atoms. The van der Waals surface area contributed by atoms with E-state index in [9.17, 15) is 4.79 Å². The molecule has 0 N–H and O–H groups in total. The Kier molecular flexibility index (Phi) is 3.04. The van der Waals surface area contributed by atoms with Crippen LogP contribution in [0.2, 0.25) is 0 Å². The molecular weight excluding hydrogens is 224 g/mol. The molecule has 0 atom stereocenters. The fraction of sp³-hybridized carbons (Fsp3) is 0.182. The summed E-state index contributed by atoms with van der Waals surface area (Å²) in [6.07, 6.45) is 2.79. The number of carbonyl (C=O) groups excluding carboxylic acids is 1. The molecule has 0 aliphatic carbocycles. The highest BCUT2D eigenvalue weighted by atomic mass is 16.5. The van der Waals surface area contributed by atoms with Crippen molar-refractivity contribution in [3.63, 3.8) is 0 Å². The van der Waals surface area contributed by atoms with Crippen molar-refractivity contribution >= 4 is 5.97 Å². The van der Waals surface area contributed by atoms with Gasteiger partial charge in [-0.3, -0.25) is 0 Å². The van der Waals surface area contributed by atoms with Gasteiger partial charge >= 0.3 is 5.97 Å². The van der Waals surface area contributed by atoms with Crippen molar-refractivity contribution < 1.29 is 18.7 Å². The first kappa shape index (κ1) is 11.1. The van der Waals surface area contributed by atoms with Gasteiger partial charge < -0.3 is 13.9 Å². The zero-order valence-electron chi connectivity index (χ0n) is 9.34. The lowest BCUT2D eigenvalue weighted by Gasteiger charge is -1.98. The molecule has 2 rings (SSSR count). The Morgan fingerprint density at radius 3 is 2.76 bits per heavy atom. The standard InChI is InChI=1S/C11H10N2O4/c1-15-9-4-3-7(5-12-9)10-13-8(6-17-10)11(14)16-2/h3-6H,1-2H3. The minimum atomic E-state index is -0.540. The molecule has 2 aromatic heterocycles. The molecule has 0 aliphatic heterocycles. The molecule has 2 aromatic rings. The number of hydrogen-bond acceptors (Lipinski definition) is 6. The van der Waals surface area contributed by atoms with Crippen LogP contribution in [-0.4, -0.2) is 30.2 Å². The van der Waals surface area contributed by atoms with E-state index in [2.05, 4.69) is 14.7 Å². The van der Waals surface area contributed by atoms with E-state index in [0.717, 1.165) is 0 Å². The molecule has 0 aliphatic rings. The molecule has 6 heteroatoms. The van der Waals surface area contributed by atoms with Crippen molar-refractivity contribution in [3.8, 4) is 17.3 Å². The van der Waals surface area contributed by atoms with E-state index in [1.807, 2.05) is 0 Å². The van der Waals surface area contributed by atoms with E-state index in [4.69, 9.17) is 9.15 Å². The minimum absolute atomic E-state index is 0.123. The maximum atomic E-state index is 11.2. The molecular formula is C11H10N2O4. The van der Waals surface area contributed by atoms with Crippen LogP contribution in [0.3, 0.4) is 0 Å². The number of ether oxygens (including phenoxy) is 2. The summed E-state index contributed by atoms with van der Waals surface area (Å²) < 4.78 is 14.6. The van der Waals surface area contributed by atoms with Crippen molar-refractivity contribution in [1.82, 2.24) is 9.97 Å². The molecule has 0 saturated carbocycles. The van der Waals surface area contributed by atoms with E-state index >= 15 is 0 Å². The molecule has 0 unspecified atom stereocenters. The van der Waals surface area contributed by atoms with Crippen LogP contribution >= 0.6 is 0 Å². The van der Waals surface area contributed by atoms with E-state index in [1.54, 1.807) is 18.3 Å². The smallest absolute Gasteiger partial charge is 0.360 e. The van der Waals surface area contributed by atoms with Gasteiger partial charge in [-0.1, -0.05) is 0 Å². The maximum Gasteiger partial charge on any atom is 0.360 e. The Bertz CT molecular complexity index is 519. The average Bonchev–Trinajstić information content (AvgIpc) is 2.87. The van der Waals surface area contributed by atoms with E-state index in [1.165, 1.54) is 20.5 Å². The quantitative estimate of drug-likeness (QED) is 0.750. The number of esters is 1. The number of nitrogens with zero attached hydrogens (tertiary/aromatic N) is 2. The van der Waals surface area contributed by atoms with Gasteiger partial charge in [-0.15, -0.1) is 0 Å². The molecule has 0 amide bonds. The van der Waals surface area contributed by atoms with Crippen LogP contribution in [0.1, 0.15) is 10.5 Å². The number of carbonyl (C=O) groups is 1. The Hall–Kier alpha value is -2.37. The predicted octanol–water partition coefficient (Wildman–Crippen LogP) is 1.53. The van der Waals surface area contributed by atoms with Crippen molar-refractivity contribution in [3.05, 3.63) is 30.3 Å². The molecule has 0 fully saturated rings. The molecule has 0 aromatic carbocycles. The first-order chi connectivity index (χ1) is 8.24. The van der Waals surface area contributed by atoms with Crippen LogP contribution < -0.4 is 4.74 Å². The lowest BCUT2D eigenvalue weighted by atomic mass is 10.3. The van der Waals surface area contributed by atoms with Gasteiger partial charge in [0.15, 0.2) is 5.69 Å². The van der Waals surface area contributed by atoms with Crippen molar-refractivity contribution in [2.75, 3.05) is 14.2 Å². The highest BCUT2D eigenvalue weighted by Gasteiger charge is 2.13. The summed E-state index contributed by atoms with van der Waals surface area (Å²) in [5.74, 6) is 0.260.